The molecule has 21 heavy (non-hydrogen) atoms. The van der Waals surface area contributed by atoms with Gasteiger partial charge in [-0.2, -0.15) is 0 Å². The molecule has 2 rings (SSSR count). The summed E-state index contributed by atoms with van der Waals surface area (Å²) < 4.78 is 11.3. The van der Waals surface area contributed by atoms with E-state index in [0.717, 1.165) is 25.7 Å². The van der Waals surface area contributed by atoms with E-state index < -0.39 is 0 Å². The van der Waals surface area contributed by atoms with Crippen molar-refractivity contribution in [2.24, 2.45) is 16.3 Å². The lowest BCUT2D eigenvalue weighted by molar-refractivity contribution is -0.188. The number of rotatable bonds is 5. The molecule has 3 atom stereocenters. The van der Waals surface area contributed by atoms with Crippen LogP contribution in [0.1, 0.15) is 33.6 Å². The van der Waals surface area contributed by atoms with Crippen LogP contribution in [-0.4, -0.2) is 51.5 Å². The Morgan fingerprint density at radius 1 is 1.43 bits per heavy atom. The van der Waals surface area contributed by atoms with Gasteiger partial charge in [-0.25, -0.2) is 0 Å². The largest absolute Gasteiger partial charge is 0.380 e. The van der Waals surface area contributed by atoms with Crippen molar-refractivity contribution >= 4 is 29.9 Å². The van der Waals surface area contributed by atoms with Gasteiger partial charge in [-0.1, -0.05) is 13.8 Å². The monoisotopic (exact) mass is 411 g/mol. The number of guanidine groups is 1. The molecule has 0 aromatic carbocycles. The number of ether oxygens (including phenoxy) is 2. The van der Waals surface area contributed by atoms with E-state index in [4.69, 9.17) is 9.47 Å². The highest BCUT2D eigenvalue weighted by Crippen LogP contribution is 2.51. The van der Waals surface area contributed by atoms with Gasteiger partial charge in [0.2, 0.25) is 0 Å². The summed E-state index contributed by atoms with van der Waals surface area (Å²) in [6.07, 6.45) is 2.82. The van der Waals surface area contributed by atoms with Gasteiger partial charge in [-0.05, 0) is 19.8 Å². The average Bonchev–Trinajstić information content (AvgIpc) is 2.46. The summed E-state index contributed by atoms with van der Waals surface area (Å²) in [4.78, 5) is 4.31. The number of hydrogen-bond donors (Lipinski definition) is 2. The number of hydrogen-bond acceptors (Lipinski definition) is 3. The normalized spacial score (nSPS) is 30.7. The molecule has 0 aromatic rings. The Kier molecular flexibility index (Phi) is 7.70. The zero-order chi connectivity index (χ0) is 14.6. The van der Waals surface area contributed by atoms with Crippen molar-refractivity contribution < 1.29 is 9.47 Å². The van der Waals surface area contributed by atoms with Gasteiger partial charge in [-0.3, -0.25) is 4.99 Å². The average molecular weight is 411 g/mol. The number of nitrogens with one attached hydrogen (secondary N) is 2. The van der Waals surface area contributed by atoms with Crippen LogP contribution in [0.2, 0.25) is 0 Å². The van der Waals surface area contributed by atoms with E-state index in [-0.39, 0.29) is 29.4 Å². The molecule has 1 aliphatic carbocycles. The third kappa shape index (κ3) is 4.22. The topological polar surface area (TPSA) is 54.9 Å². The van der Waals surface area contributed by atoms with E-state index in [9.17, 15) is 0 Å². The van der Waals surface area contributed by atoms with Crippen LogP contribution in [0.15, 0.2) is 4.99 Å². The summed E-state index contributed by atoms with van der Waals surface area (Å²) in [6, 6.07) is 0.436. The Morgan fingerprint density at radius 3 is 2.86 bits per heavy atom. The van der Waals surface area contributed by atoms with Crippen molar-refractivity contribution in [3.8, 4) is 0 Å². The lowest BCUT2D eigenvalue weighted by atomic mass is 9.55. The molecule has 124 valence electrons. The fourth-order valence-corrected chi connectivity index (χ4v) is 3.54. The molecule has 2 aliphatic rings. The summed E-state index contributed by atoms with van der Waals surface area (Å²) in [5, 5.41) is 6.88. The van der Waals surface area contributed by atoms with E-state index in [1.54, 1.807) is 0 Å². The Labute approximate surface area is 145 Å². The van der Waals surface area contributed by atoms with Gasteiger partial charge in [0, 0.05) is 44.2 Å². The fourth-order valence-electron chi connectivity index (χ4n) is 3.54. The molecule has 1 aliphatic heterocycles. The second-order valence-electron chi connectivity index (χ2n) is 6.24. The van der Waals surface area contributed by atoms with Gasteiger partial charge in [0.25, 0.3) is 0 Å². The first-order valence-corrected chi connectivity index (χ1v) is 7.77. The molecule has 1 saturated heterocycles. The molecule has 6 heteroatoms. The Balaban J connectivity index is 0.00000220. The van der Waals surface area contributed by atoms with Gasteiger partial charge in [0.15, 0.2) is 5.96 Å². The predicted molar refractivity (Wildman–Crippen MR) is 96.4 cm³/mol. The zero-order valence-electron chi connectivity index (χ0n) is 13.6. The molecule has 5 nitrogen and oxygen atoms in total. The van der Waals surface area contributed by atoms with Crippen LogP contribution in [0.4, 0.5) is 0 Å². The van der Waals surface area contributed by atoms with Crippen LogP contribution >= 0.6 is 24.0 Å². The Hall–Kier alpha value is -0.0800. The van der Waals surface area contributed by atoms with Crippen molar-refractivity contribution in [1.82, 2.24) is 10.6 Å². The van der Waals surface area contributed by atoms with Crippen molar-refractivity contribution in [2.45, 2.75) is 45.8 Å². The SMILES string of the molecule is CCOCCNC(=NC)NC1C2CCCOC2C1(C)C.I. The van der Waals surface area contributed by atoms with Crippen LogP contribution in [0.3, 0.4) is 0 Å². The zero-order valence-corrected chi connectivity index (χ0v) is 16.0. The van der Waals surface area contributed by atoms with Crippen molar-refractivity contribution in [3.05, 3.63) is 0 Å². The van der Waals surface area contributed by atoms with E-state index in [1.165, 1.54) is 12.8 Å². The first kappa shape index (κ1) is 19.0. The Bertz CT molecular complexity index is 350. The Morgan fingerprint density at radius 2 is 2.19 bits per heavy atom. The summed E-state index contributed by atoms with van der Waals surface area (Å²) in [7, 11) is 1.82. The third-order valence-corrected chi connectivity index (χ3v) is 4.59. The number of aliphatic imine (C=N–C) groups is 1. The quantitative estimate of drug-likeness (QED) is 0.315. The number of nitrogens with zero attached hydrogens (tertiary/aromatic N) is 1. The predicted octanol–water partition coefficient (Wildman–Crippen LogP) is 2.01. The van der Waals surface area contributed by atoms with Crippen molar-refractivity contribution in [1.29, 1.82) is 0 Å². The highest BCUT2D eigenvalue weighted by molar-refractivity contribution is 14.0. The van der Waals surface area contributed by atoms with Crippen LogP contribution in [-0.2, 0) is 9.47 Å². The molecule has 1 heterocycles. The molecule has 3 unspecified atom stereocenters. The van der Waals surface area contributed by atoms with E-state index >= 15 is 0 Å². The first-order valence-electron chi connectivity index (χ1n) is 7.77. The van der Waals surface area contributed by atoms with Gasteiger partial charge < -0.3 is 20.1 Å². The van der Waals surface area contributed by atoms with E-state index in [1.807, 2.05) is 14.0 Å². The minimum Gasteiger partial charge on any atom is -0.380 e. The maximum absolute atomic E-state index is 5.93. The lowest BCUT2D eigenvalue weighted by Crippen LogP contribution is -2.71. The number of fused-ring (bicyclic) bond motifs is 1. The van der Waals surface area contributed by atoms with E-state index in [0.29, 0.717) is 24.7 Å². The fraction of sp³-hybridized carbons (Fsp3) is 0.933. The second-order valence-corrected chi connectivity index (χ2v) is 6.24. The molecular formula is C15H30IN3O2. The standard InChI is InChI=1S/C15H29N3O2.HI/c1-5-19-10-8-17-14(16-4)18-12-11-7-6-9-20-13(11)15(12,2)3;/h11-13H,5-10H2,1-4H3,(H2,16,17,18);1H. The van der Waals surface area contributed by atoms with Gasteiger partial charge in [-0.15, -0.1) is 24.0 Å². The van der Waals surface area contributed by atoms with E-state index in [2.05, 4.69) is 29.5 Å². The molecule has 2 N–H and O–H groups in total. The maximum atomic E-state index is 5.93. The molecular weight excluding hydrogens is 381 g/mol. The minimum atomic E-state index is 0. The summed E-state index contributed by atoms with van der Waals surface area (Å²) in [6.45, 7) is 9.73. The van der Waals surface area contributed by atoms with Gasteiger partial charge in [0.05, 0.1) is 12.7 Å². The minimum absolute atomic E-state index is 0. The number of halogens is 1. The molecule has 0 radical (unpaired) electrons. The van der Waals surface area contributed by atoms with Crippen LogP contribution in [0.5, 0.6) is 0 Å². The van der Waals surface area contributed by atoms with Crippen LogP contribution < -0.4 is 10.6 Å². The summed E-state index contributed by atoms with van der Waals surface area (Å²) in [5.41, 5.74) is 0.169. The molecule has 1 saturated carbocycles. The summed E-state index contributed by atoms with van der Waals surface area (Å²) >= 11 is 0. The van der Waals surface area contributed by atoms with Crippen molar-refractivity contribution in [2.75, 3.05) is 33.4 Å². The smallest absolute Gasteiger partial charge is 0.191 e. The maximum Gasteiger partial charge on any atom is 0.191 e. The lowest BCUT2D eigenvalue weighted by Gasteiger charge is -2.60. The highest BCUT2D eigenvalue weighted by atomic mass is 127. The molecule has 0 spiro atoms. The first-order chi connectivity index (χ1) is 9.61. The molecule has 0 aromatic heterocycles. The van der Waals surface area contributed by atoms with Crippen molar-refractivity contribution in [3.63, 3.8) is 0 Å². The van der Waals surface area contributed by atoms with Crippen LogP contribution in [0.25, 0.3) is 0 Å². The third-order valence-electron chi connectivity index (χ3n) is 4.59. The van der Waals surface area contributed by atoms with Crippen LogP contribution in [0, 0.1) is 11.3 Å². The summed E-state index contributed by atoms with van der Waals surface area (Å²) in [5.74, 6) is 1.48. The molecule has 0 amide bonds. The van der Waals surface area contributed by atoms with Gasteiger partial charge >= 0.3 is 0 Å². The second kappa shape index (κ2) is 8.53. The highest BCUT2D eigenvalue weighted by Gasteiger charge is 2.58. The molecule has 0 bridgehead atoms. The van der Waals surface area contributed by atoms with Gasteiger partial charge in [0.1, 0.15) is 0 Å². The molecule has 2 fully saturated rings.